The first kappa shape index (κ1) is 14.8. The van der Waals surface area contributed by atoms with Gasteiger partial charge in [-0.25, -0.2) is 9.48 Å². The van der Waals surface area contributed by atoms with Crippen LogP contribution in [0.15, 0.2) is 11.1 Å². The van der Waals surface area contributed by atoms with Crippen LogP contribution in [0.5, 0.6) is 0 Å². The molecule has 0 radical (unpaired) electrons. The Morgan fingerprint density at radius 3 is 2.65 bits per heavy atom. The van der Waals surface area contributed by atoms with Gasteiger partial charge in [-0.3, -0.25) is 9.36 Å². The SMILES string of the molecule is CN(CCN(C)C1CC1)C(=O)CCn1ncn(C)c1=O. The van der Waals surface area contributed by atoms with Crippen molar-refractivity contribution in [3.63, 3.8) is 0 Å². The second kappa shape index (κ2) is 6.21. The lowest BCUT2D eigenvalue weighted by Gasteiger charge is -2.22. The predicted octanol–water partition coefficient (Wildman–Crippen LogP) is -0.475. The van der Waals surface area contributed by atoms with Crippen LogP contribution in [0.2, 0.25) is 0 Å². The van der Waals surface area contributed by atoms with Gasteiger partial charge in [0.15, 0.2) is 0 Å². The van der Waals surface area contributed by atoms with Crippen molar-refractivity contribution in [3.05, 3.63) is 16.8 Å². The number of likely N-dealkylation sites (N-methyl/N-ethyl adjacent to an activating group) is 2. The fourth-order valence-electron chi connectivity index (χ4n) is 2.10. The van der Waals surface area contributed by atoms with E-state index in [1.165, 1.54) is 28.4 Å². The van der Waals surface area contributed by atoms with Gasteiger partial charge in [0.05, 0.1) is 6.54 Å². The average Bonchev–Trinajstić information content (AvgIpc) is 3.23. The Hall–Kier alpha value is -1.63. The minimum Gasteiger partial charge on any atom is -0.344 e. The third kappa shape index (κ3) is 3.69. The molecule has 1 aliphatic carbocycles. The Kier molecular flexibility index (Phi) is 4.59. The van der Waals surface area contributed by atoms with Gasteiger partial charge in [0, 0.05) is 39.6 Å². The van der Waals surface area contributed by atoms with Gasteiger partial charge in [0.25, 0.3) is 0 Å². The van der Waals surface area contributed by atoms with Crippen molar-refractivity contribution in [1.29, 1.82) is 0 Å². The maximum absolute atomic E-state index is 12.0. The van der Waals surface area contributed by atoms with E-state index in [-0.39, 0.29) is 11.6 Å². The normalized spacial score (nSPS) is 14.8. The number of carbonyl (C=O) groups is 1. The molecule has 1 aromatic rings. The van der Waals surface area contributed by atoms with Crippen LogP contribution in [0.25, 0.3) is 0 Å². The molecule has 0 aliphatic heterocycles. The first-order valence-electron chi connectivity index (χ1n) is 7.01. The Morgan fingerprint density at radius 1 is 1.40 bits per heavy atom. The van der Waals surface area contributed by atoms with Crippen molar-refractivity contribution in [2.24, 2.45) is 7.05 Å². The molecule has 7 heteroatoms. The number of hydrogen-bond acceptors (Lipinski definition) is 4. The van der Waals surface area contributed by atoms with Gasteiger partial charge in [0.2, 0.25) is 5.91 Å². The highest BCUT2D eigenvalue weighted by Gasteiger charge is 2.26. The molecular weight excluding hydrogens is 258 g/mol. The van der Waals surface area contributed by atoms with E-state index in [9.17, 15) is 9.59 Å². The van der Waals surface area contributed by atoms with E-state index in [1.54, 1.807) is 11.9 Å². The molecule has 1 aliphatic rings. The molecule has 1 amide bonds. The number of hydrogen-bond donors (Lipinski definition) is 0. The number of aryl methyl sites for hydroxylation is 2. The summed E-state index contributed by atoms with van der Waals surface area (Å²) in [7, 11) is 5.56. The lowest BCUT2D eigenvalue weighted by atomic mass is 10.3. The minimum absolute atomic E-state index is 0.0479. The number of rotatable bonds is 7. The largest absolute Gasteiger partial charge is 0.345 e. The zero-order valence-corrected chi connectivity index (χ0v) is 12.4. The number of carbonyl (C=O) groups excluding carboxylic acids is 1. The quantitative estimate of drug-likeness (QED) is 0.677. The summed E-state index contributed by atoms with van der Waals surface area (Å²) in [5.74, 6) is 0.0479. The molecule has 112 valence electrons. The van der Waals surface area contributed by atoms with Crippen LogP contribution in [0.3, 0.4) is 0 Å². The van der Waals surface area contributed by atoms with Gasteiger partial charge in [-0.05, 0) is 19.9 Å². The summed E-state index contributed by atoms with van der Waals surface area (Å²) >= 11 is 0. The molecule has 2 rings (SSSR count). The van der Waals surface area contributed by atoms with E-state index in [0.717, 1.165) is 13.1 Å². The third-order valence-corrected chi connectivity index (χ3v) is 3.81. The summed E-state index contributed by atoms with van der Waals surface area (Å²) in [5, 5.41) is 3.94. The summed E-state index contributed by atoms with van der Waals surface area (Å²) in [5.41, 5.74) is -0.186. The Morgan fingerprint density at radius 2 is 2.10 bits per heavy atom. The molecule has 1 fully saturated rings. The highest BCUT2D eigenvalue weighted by atomic mass is 16.2. The molecule has 0 atom stereocenters. The first-order chi connectivity index (χ1) is 9.49. The van der Waals surface area contributed by atoms with Crippen molar-refractivity contribution in [2.75, 3.05) is 27.2 Å². The van der Waals surface area contributed by atoms with E-state index in [1.807, 2.05) is 7.05 Å². The van der Waals surface area contributed by atoms with Gasteiger partial charge >= 0.3 is 5.69 Å². The summed E-state index contributed by atoms with van der Waals surface area (Å²) in [6.45, 7) is 1.96. The van der Waals surface area contributed by atoms with Gasteiger partial charge in [-0.2, -0.15) is 5.10 Å². The Labute approximate surface area is 118 Å². The van der Waals surface area contributed by atoms with E-state index in [2.05, 4.69) is 17.0 Å². The lowest BCUT2D eigenvalue weighted by molar-refractivity contribution is -0.130. The smallest absolute Gasteiger partial charge is 0.344 e. The maximum Gasteiger partial charge on any atom is 0.345 e. The molecule has 1 aromatic heterocycles. The average molecular weight is 281 g/mol. The highest BCUT2D eigenvalue weighted by molar-refractivity contribution is 5.75. The molecule has 1 saturated carbocycles. The number of nitrogens with zero attached hydrogens (tertiary/aromatic N) is 5. The van der Waals surface area contributed by atoms with Crippen molar-refractivity contribution < 1.29 is 4.79 Å². The van der Waals surface area contributed by atoms with Crippen LogP contribution in [0.1, 0.15) is 19.3 Å². The second-order valence-electron chi connectivity index (χ2n) is 5.52. The molecule has 0 saturated heterocycles. The molecule has 0 aromatic carbocycles. The second-order valence-corrected chi connectivity index (χ2v) is 5.52. The van der Waals surface area contributed by atoms with Crippen LogP contribution in [-0.2, 0) is 18.4 Å². The van der Waals surface area contributed by atoms with E-state index >= 15 is 0 Å². The van der Waals surface area contributed by atoms with Crippen LogP contribution < -0.4 is 5.69 Å². The first-order valence-corrected chi connectivity index (χ1v) is 7.01. The Balaban J connectivity index is 1.73. The minimum atomic E-state index is -0.186. The van der Waals surface area contributed by atoms with E-state index in [4.69, 9.17) is 0 Å². The summed E-state index contributed by atoms with van der Waals surface area (Å²) in [6.07, 6.45) is 4.31. The number of aromatic nitrogens is 3. The zero-order chi connectivity index (χ0) is 14.7. The van der Waals surface area contributed by atoms with Crippen LogP contribution >= 0.6 is 0 Å². The van der Waals surface area contributed by atoms with Crippen LogP contribution in [0, 0.1) is 0 Å². The fourth-order valence-corrected chi connectivity index (χ4v) is 2.10. The maximum atomic E-state index is 12.0. The fraction of sp³-hybridized carbons (Fsp3) is 0.769. The summed E-state index contributed by atoms with van der Waals surface area (Å²) in [4.78, 5) is 27.6. The zero-order valence-electron chi connectivity index (χ0n) is 12.4. The topological polar surface area (TPSA) is 63.4 Å². The highest BCUT2D eigenvalue weighted by Crippen LogP contribution is 2.24. The van der Waals surface area contributed by atoms with Gasteiger partial charge in [-0.15, -0.1) is 0 Å². The van der Waals surface area contributed by atoms with Gasteiger partial charge < -0.3 is 9.80 Å². The van der Waals surface area contributed by atoms with E-state index < -0.39 is 0 Å². The molecule has 0 N–H and O–H groups in total. The molecule has 0 spiro atoms. The Bertz CT molecular complexity index is 517. The third-order valence-electron chi connectivity index (χ3n) is 3.81. The summed E-state index contributed by atoms with van der Waals surface area (Å²) in [6, 6.07) is 0.714. The summed E-state index contributed by atoms with van der Waals surface area (Å²) < 4.78 is 2.72. The van der Waals surface area contributed by atoms with Crippen molar-refractivity contribution in [1.82, 2.24) is 24.1 Å². The van der Waals surface area contributed by atoms with Gasteiger partial charge in [0.1, 0.15) is 6.33 Å². The van der Waals surface area contributed by atoms with Crippen molar-refractivity contribution in [3.8, 4) is 0 Å². The lowest BCUT2D eigenvalue weighted by Crippen LogP contribution is -2.36. The predicted molar refractivity (Wildman–Crippen MR) is 75.4 cm³/mol. The van der Waals surface area contributed by atoms with Crippen LogP contribution in [-0.4, -0.2) is 63.3 Å². The van der Waals surface area contributed by atoms with Crippen molar-refractivity contribution in [2.45, 2.75) is 31.8 Å². The molecule has 0 bridgehead atoms. The number of amides is 1. The van der Waals surface area contributed by atoms with E-state index in [0.29, 0.717) is 19.0 Å². The molecule has 1 heterocycles. The molecule has 0 unspecified atom stereocenters. The van der Waals surface area contributed by atoms with Crippen LogP contribution in [0.4, 0.5) is 0 Å². The molecular formula is C13H23N5O2. The molecule has 7 nitrogen and oxygen atoms in total. The van der Waals surface area contributed by atoms with Gasteiger partial charge in [-0.1, -0.05) is 0 Å². The van der Waals surface area contributed by atoms with Crippen molar-refractivity contribution >= 4 is 5.91 Å². The molecule has 20 heavy (non-hydrogen) atoms. The monoisotopic (exact) mass is 281 g/mol. The standard InChI is InChI=1S/C13H23N5O2/c1-15(11-4-5-11)8-9-16(2)12(19)6-7-18-13(20)17(3)10-14-18/h10-11H,4-9H2,1-3H3.